The van der Waals surface area contributed by atoms with Crippen molar-refractivity contribution in [3.8, 4) is 0 Å². The normalized spacial score (nSPS) is 19.8. The molecule has 0 saturated carbocycles. The Kier molecular flexibility index (Phi) is 5.67. The van der Waals surface area contributed by atoms with Crippen LogP contribution in [-0.2, 0) is 35.9 Å². The molecule has 1 N–H and O–H groups in total. The van der Waals surface area contributed by atoms with Crippen LogP contribution in [0.5, 0.6) is 0 Å². The predicted octanol–water partition coefficient (Wildman–Crippen LogP) is 0.779. The summed E-state index contributed by atoms with van der Waals surface area (Å²) in [5.41, 5.74) is 3.83. The second kappa shape index (κ2) is 8.37. The number of hydrogen-bond donors (Lipinski definition) is 1. The van der Waals surface area contributed by atoms with E-state index in [-0.39, 0.29) is 24.3 Å². The number of aromatic nitrogens is 2. The average Bonchev–Trinajstić information content (AvgIpc) is 3.33. The second-order valence-corrected chi connectivity index (χ2v) is 8.17. The fourth-order valence-electron chi connectivity index (χ4n) is 4.49. The highest BCUT2D eigenvalue weighted by atomic mass is 16.2. The third-order valence-corrected chi connectivity index (χ3v) is 6.16. The maximum atomic E-state index is 12.9. The lowest BCUT2D eigenvalue weighted by Gasteiger charge is -2.39. The topological polar surface area (TPSA) is 70.5 Å². The molecule has 0 spiro atoms. The van der Waals surface area contributed by atoms with Gasteiger partial charge in [0.25, 0.3) is 0 Å². The van der Waals surface area contributed by atoms with Gasteiger partial charge in [-0.2, -0.15) is 5.10 Å². The predicted molar refractivity (Wildman–Crippen MR) is 110 cm³/mol. The van der Waals surface area contributed by atoms with E-state index in [9.17, 15) is 9.59 Å². The SMILES string of the molecule is CN(CCc1cnn(C)c1)C(=O)CC1C(=O)NCCN1C1Cc2ccccc2C1. The van der Waals surface area contributed by atoms with E-state index in [1.165, 1.54) is 11.1 Å². The minimum Gasteiger partial charge on any atom is -0.353 e. The molecule has 7 heteroatoms. The van der Waals surface area contributed by atoms with E-state index in [0.29, 0.717) is 13.1 Å². The minimum absolute atomic E-state index is 0.0106. The molecule has 1 atom stereocenters. The van der Waals surface area contributed by atoms with Gasteiger partial charge in [0, 0.05) is 46.0 Å². The van der Waals surface area contributed by atoms with Crippen LogP contribution in [0.1, 0.15) is 23.1 Å². The molecular weight excluding hydrogens is 366 g/mol. The summed E-state index contributed by atoms with van der Waals surface area (Å²) in [6.07, 6.45) is 6.67. The molecule has 2 aliphatic rings. The van der Waals surface area contributed by atoms with Crippen molar-refractivity contribution in [3.63, 3.8) is 0 Å². The number of carbonyl (C=O) groups is 2. The number of piperazine rings is 1. The Morgan fingerprint density at radius 2 is 2.00 bits per heavy atom. The number of likely N-dealkylation sites (N-methyl/N-ethyl adjacent to an activating group) is 1. The smallest absolute Gasteiger partial charge is 0.237 e. The van der Waals surface area contributed by atoms with Crippen LogP contribution in [0.25, 0.3) is 0 Å². The molecule has 0 radical (unpaired) electrons. The Labute approximate surface area is 171 Å². The highest BCUT2D eigenvalue weighted by Gasteiger charge is 2.38. The number of rotatable bonds is 6. The molecule has 1 aromatic carbocycles. The van der Waals surface area contributed by atoms with Crippen LogP contribution in [0.15, 0.2) is 36.7 Å². The quantitative estimate of drug-likeness (QED) is 0.785. The van der Waals surface area contributed by atoms with Gasteiger partial charge in [-0.05, 0) is 36.0 Å². The largest absolute Gasteiger partial charge is 0.353 e. The molecule has 7 nitrogen and oxygen atoms in total. The number of carbonyl (C=O) groups excluding carboxylic acids is 2. The van der Waals surface area contributed by atoms with E-state index >= 15 is 0 Å². The summed E-state index contributed by atoms with van der Waals surface area (Å²) in [4.78, 5) is 29.5. The van der Waals surface area contributed by atoms with Crippen molar-refractivity contribution < 1.29 is 9.59 Å². The lowest BCUT2D eigenvalue weighted by molar-refractivity contribution is -0.139. The first kappa shape index (κ1) is 19.6. The molecule has 1 aliphatic carbocycles. The number of aryl methyl sites for hydroxylation is 1. The number of benzene rings is 1. The zero-order valence-corrected chi connectivity index (χ0v) is 17.2. The van der Waals surface area contributed by atoms with Gasteiger partial charge in [-0.1, -0.05) is 24.3 Å². The molecule has 1 aromatic heterocycles. The number of nitrogens with zero attached hydrogens (tertiary/aromatic N) is 4. The molecule has 2 aromatic rings. The third kappa shape index (κ3) is 4.34. The van der Waals surface area contributed by atoms with Gasteiger partial charge in [0.15, 0.2) is 0 Å². The highest BCUT2D eigenvalue weighted by molar-refractivity contribution is 5.88. The van der Waals surface area contributed by atoms with Gasteiger partial charge >= 0.3 is 0 Å². The molecule has 1 saturated heterocycles. The summed E-state index contributed by atoms with van der Waals surface area (Å²) in [5, 5.41) is 7.12. The Hall–Kier alpha value is -2.67. The third-order valence-electron chi connectivity index (χ3n) is 6.16. The number of amides is 2. The molecule has 1 unspecified atom stereocenters. The summed E-state index contributed by atoms with van der Waals surface area (Å²) in [6.45, 7) is 2.06. The molecule has 154 valence electrons. The fraction of sp³-hybridized carbons (Fsp3) is 0.500. The van der Waals surface area contributed by atoms with Crippen LogP contribution >= 0.6 is 0 Å². The lowest BCUT2D eigenvalue weighted by Crippen LogP contribution is -2.59. The van der Waals surface area contributed by atoms with Crippen molar-refractivity contribution in [2.75, 3.05) is 26.7 Å². The van der Waals surface area contributed by atoms with Crippen molar-refractivity contribution in [3.05, 3.63) is 53.3 Å². The standard InChI is InChI=1S/C22H29N5O2/c1-25(9-7-16-14-24-26(2)15-16)21(28)13-20-22(29)23-8-10-27(20)19-11-17-5-3-4-6-18(17)12-19/h3-6,14-15,19-20H,7-13H2,1-2H3,(H,23,29). The van der Waals surface area contributed by atoms with E-state index < -0.39 is 6.04 Å². The molecule has 2 heterocycles. The minimum atomic E-state index is -0.392. The maximum Gasteiger partial charge on any atom is 0.237 e. The lowest BCUT2D eigenvalue weighted by atomic mass is 10.0. The number of nitrogens with one attached hydrogen (secondary N) is 1. The summed E-state index contributed by atoms with van der Waals surface area (Å²) in [7, 11) is 3.70. The molecule has 0 bridgehead atoms. The Morgan fingerprint density at radius 3 is 2.66 bits per heavy atom. The molecule has 1 aliphatic heterocycles. The van der Waals surface area contributed by atoms with Crippen molar-refractivity contribution in [2.24, 2.45) is 7.05 Å². The van der Waals surface area contributed by atoms with E-state index in [1.807, 2.05) is 26.5 Å². The van der Waals surface area contributed by atoms with Crippen molar-refractivity contribution in [2.45, 2.75) is 37.8 Å². The van der Waals surface area contributed by atoms with Gasteiger partial charge in [0.2, 0.25) is 11.8 Å². The maximum absolute atomic E-state index is 12.9. The monoisotopic (exact) mass is 395 g/mol. The van der Waals surface area contributed by atoms with E-state index in [0.717, 1.165) is 31.4 Å². The first-order valence-corrected chi connectivity index (χ1v) is 10.3. The molecule has 4 rings (SSSR count). The van der Waals surface area contributed by atoms with Crippen LogP contribution in [0.4, 0.5) is 0 Å². The van der Waals surface area contributed by atoms with Gasteiger partial charge in [-0.25, -0.2) is 0 Å². The van der Waals surface area contributed by atoms with Crippen molar-refractivity contribution in [1.82, 2.24) is 24.9 Å². The molecule has 29 heavy (non-hydrogen) atoms. The number of fused-ring (bicyclic) bond motifs is 1. The van der Waals surface area contributed by atoms with Crippen LogP contribution in [0, 0.1) is 0 Å². The molecule has 2 amide bonds. The summed E-state index contributed by atoms with van der Waals surface area (Å²) in [5.74, 6) is -0.0160. The zero-order valence-electron chi connectivity index (χ0n) is 17.2. The Balaban J connectivity index is 1.38. The Bertz CT molecular complexity index is 868. The van der Waals surface area contributed by atoms with Crippen LogP contribution in [-0.4, -0.2) is 70.2 Å². The zero-order chi connectivity index (χ0) is 20.4. The van der Waals surface area contributed by atoms with Crippen LogP contribution in [0.3, 0.4) is 0 Å². The summed E-state index contributed by atoms with van der Waals surface area (Å²) >= 11 is 0. The van der Waals surface area contributed by atoms with Gasteiger partial charge in [-0.3, -0.25) is 19.2 Å². The average molecular weight is 396 g/mol. The van der Waals surface area contributed by atoms with Gasteiger partial charge < -0.3 is 10.2 Å². The van der Waals surface area contributed by atoms with E-state index in [2.05, 4.69) is 39.6 Å². The second-order valence-electron chi connectivity index (χ2n) is 8.17. The van der Waals surface area contributed by atoms with Crippen molar-refractivity contribution in [1.29, 1.82) is 0 Å². The highest BCUT2D eigenvalue weighted by Crippen LogP contribution is 2.28. The van der Waals surface area contributed by atoms with E-state index in [4.69, 9.17) is 0 Å². The summed E-state index contributed by atoms with van der Waals surface area (Å²) < 4.78 is 1.76. The van der Waals surface area contributed by atoms with Crippen LogP contribution < -0.4 is 5.32 Å². The molecule has 1 fully saturated rings. The molecular formula is C22H29N5O2. The van der Waals surface area contributed by atoms with Gasteiger partial charge in [-0.15, -0.1) is 0 Å². The van der Waals surface area contributed by atoms with Gasteiger partial charge in [0.05, 0.1) is 18.7 Å². The first-order chi connectivity index (χ1) is 14.0. The number of hydrogen-bond acceptors (Lipinski definition) is 4. The van der Waals surface area contributed by atoms with E-state index in [1.54, 1.807) is 9.58 Å². The van der Waals surface area contributed by atoms with Gasteiger partial charge in [0.1, 0.15) is 0 Å². The van der Waals surface area contributed by atoms with Crippen LogP contribution in [0.2, 0.25) is 0 Å². The Morgan fingerprint density at radius 1 is 1.28 bits per heavy atom. The first-order valence-electron chi connectivity index (χ1n) is 10.3. The fourth-order valence-corrected chi connectivity index (χ4v) is 4.49. The summed E-state index contributed by atoms with van der Waals surface area (Å²) in [6, 6.07) is 8.38. The van der Waals surface area contributed by atoms with Crippen molar-refractivity contribution >= 4 is 11.8 Å².